The molecule has 0 bridgehead atoms. The molecule has 232 valence electrons. The second kappa shape index (κ2) is 17.1. The van der Waals surface area contributed by atoms with Crippen molar-refractivity contribution < 1.29 is 19.0 Å². The maximum atomic E-state index is 13.6. The third kappa shape index (κ3) is 11.1. The molecule has 0 aliphatic heterocycles. The third-order valence-electron chi connectivity index (χ3n) is 6.78. The van der Waals surface area contributed by atoms with E-state index in [1.54, 1.807) is 48.2 Å². The lowest BCUT2D eigenvalue weighted by atomic mass is 9.96. The molecule has 0 aromatic heterocycles. The zero-order valence-electron chi connectivity index (χ0n) is 23.3. The molecule has 4 aromatic rings. The number of thioether (sulfide) groups is 1. The van der Waals surface area contributed by atoms with E-state index in [0.29, 0.717) is 46.5 Å². The number of aliphatic hydroxyl groups excluding tert-OH is 1. The molecule has 4 rings (SSSR count). The van der Waals surface area contributed by atoms with Gasteiger partial charge in [-0.3, -0.25) is 4.79 Å². The Kier molecular flexibility index (Phi) is 13.6. The molecule has 0 radical (unpaired) electrons. The van der Waals surface area contributed by atoms with Crippen LogP contribution in [0.5, 0.6) is 5.75 Å². The van der Waals surface area contributed by atoms with Crippen LogP contribution in [0.2, 0.25) is 20.1 Å². The fraction of sp³-hybridized carbons (Fsp3) is 0.242. The van der Waals surface area contributed by atoms with Crippen molar-refractivity contribution in [1.29, 1.82) is 0 Å². The Bertz CT molecular complexity index is 1560. The maximum absolute atomic E-state index is 13.6. The summed E-state index contributed by atoms with van der Waals surface area (Å²) in [4.78, 5) is 13.9. The number of carbonyl (C=O) groups excluding carboxylic acids is 1. The van der Waals surface area contributed by atoms with Gasteiger partial charge in [0.05, 0.1) is 17.2 Å². The zero-order chi connectivity index (χ0) is 31.6. The molecule has 4 nitrogen and oxygen atoms in total. The van der Waals surface area contributed by atoms with Crippen molar-refractivity contribution in [1.82, 2.24) is 5.32 Å². The van der Waals surface area contributed by atoms with Crippen LogP contribution in [-0.4, -0.2) is 35.0 Å². The summed E-state index contributed by atoms with van der Waals surface area (Å²) in [6.45, 7) is -0.300. The summed E-state index contributed by atoms with van der Waals surface area (Å²) < 4.78 is 20.1. The fourth-order valence-electron chi connectivity index (χ4n) is 4.59. The highest BCUT2D eigenvalue weighted by Crippen LogP contribution is 2.32. The molecule has 0 aliphatic carbocycles. The SMILES string of the molecule is O=C(COc1ccc(Cl)cc1Cl)N[C@@H](Cc1cccc(Br)c1)[C@H](O)C[C@H](CCc1ccc(Cl)cc1Cl)Sc1ccc(F)cc1. The van der Waals surface area contributed by atoms with E-state index in [1.165, 1.54) is 18.2 Å². The number of rotatable bonds is 14. The van der Waals surface area contributed by atoms with Gasteiger partial charge in [0.25, 0.3) is 5.91 Å². The Balaban J connectivity index is 1.50. The van der Waals surface area contributed by atoms with Crippen LogP contribution in [0.25, 0.3) is 0 Å². The summed E-state index contributed by atoms with van der Waals surface area (Å²) in [5.41, 5.74) is 1.87. The van der Waals surface area contributed by atoms with E-state index in [9.17, 15) is 14.3 Å². The Morgan fingerprint density at radius 3 is 2.32 bits per heavy atom. The van der Waals surface area contributed by atoms with Crippen molar-refractivity contribution in [3.8, 4) is 5.75 Å². The predicted octanol–water partition coefficient (Wildman–Crippen LogP) is 9.85. The fourth-order valence-corrected chi connectivity index (χ4v) is 7.21. The molecule has 0 heterocycles. The van der Waals surface area contributed by atoms with Gasteiger partial charge in [-0.2, -0.15) is 0 Å². The van der Waals surface area contributed by atoms with Gasteiger partial charge < -0.3 is 15.2 Å². The highest BCUT2D eigenvalue weighted by atomic mass is 79.9. The molecule has 0 saturated heterocycles. The van der Waals surface area contributed by atoms with E-state index in [1.807, 2.05) is 30.3 Å². The standard InChI is InChI=1S/C33H29BrCl4FNO3S/c34-22-3-1-2-20(14-22)15-30(40-33(42)19-43-32-13-7-24(36)17-29(32)38)31(41)18-27(44-26-11-8-25(39)9-12-26)10-5-21-4-6-23(35)16-28(21)37/h1-4,6-9,11-14,16-17,27,30-31,41H,5,10,15,18-19H2,(H,40,42)/t27-,30-,31+/m0/s1. The van der Waals surface area contributed by atoms with Crippen molar-refractivity contribution in [2.75, 3.05) is 6.61 Å². The van der Waals surface area contributed by atoms with Crippen molar-refractivity contribution >= 4 is 80.0 Å². The second-order valence-corrected chi connectivity index (χ2v) is 14.1. The highest BCUT2D eigenvalue weighted by Gasteiger charge is 2.26. The molecule has 1 amide bonds. The zero-order valence-corrected chi connectivity index (χ0v) is 28.7. The normalized spacial score (nSPS) is 13.2. The monoisotopic (exact) mass is 757 g/mol. The molecule has 4 aromatic carbocycles. The average Bonchev–Trinajstić information content (AvgIpc) is 2.97. The number of hydrogen-bond donors (Lipinski definition) is 2. The summed E-state index contributed by atoms with van der Waals surface area (Å²) in [7, 11) is 0. The van der Waals surface area contributed by atoms with Crippen LogP contribution in [0, 0.1) is 5.82 Å². The minimum absolute atomic E-state index is 0.0896. The lowest BCUT2D eigenvalue weighted by Crippen LogP contribution is -2.47. The first-order valence-corrected chi connectivity index (χ1v) is 16.9. The van der Waals surface area contributed by atoms with Crippen LogP contribution in [0.15, 0.2) is 94.3 Å². The van der Waals surface area contributed by atoms with Crippen LogP contribution in [0.3, 0.4) is 0 Å². The molecule has 0 unspecified atom stereocenters. The third-order valence-corrected chi connectivity index (χ3v) is 9.70. The Labute approximate surface area is 289 Å². The molecule has 0 spiro atoms. The smallest absolute Gasteiger partial charge is 0.258 e. The molecule has 3 atom stereocenters. The molecule has 0 aliphatic rings. The van der Waals surface area contributed by atoms with Gasteiger partial charge >= 0.3 is 0 Å². The molecule has 2 N–H and O–H groups in total. The number of amides is 1. The highest BCUT2D eigenvalue weighted by molar-refractivity contribution is 9.10. The lowest BCUT2D eigenvalue weighted by molar-refractivity contribution is -0.124. The van der Waals surface area contributed by atoms with Crippen molar-refractivity contribution in [3.05, 3.63) is 126 Å². The summed E-state index contributed by atoms with van der Waals surface area (Å²) in [5, 5.41) is 16.4. The van der Waals surface area contributed by atoms with Crippen LogP contribution < -0.4 is 10.1 Å². The first-order valence-electron chi connectivity index (χ1n) is 13.7. The van der Waals surface area contributed by atoms with Crippen molar-refractivity contribution in [3.63, 3.8) is 0 Å². The van der Waals surface area contributed by atoms with E-state index in [-0.39, 0.29) is 22.7 Å². The number of nitrogens with one attached hydrogen (secondary N) is 1. The van der Waals surface area contributed by atoms with E-state index in [0.717, 1.165) is 20.5 Å². The predicted molar refractivity (Wildman–Crippen MR) is 183 cm³/mol. The number of ether oxygens (including phenoxy) is 1. The summed E-state index contributed by atoms with van der Waals surface area (Å²) in [6, 6.07) is 23.5. The quantitative estimate of drug-likeness (QED) is 0.126. The van der Waals surface area contributed by atoms with E-state index in [4.69, 9.17) is 51.1 Å². The van der Waals surface area contributed by atoms with E-state index >= 15 is 0 Å². The number of benzene rings is 4. The van der Waals surface area contributed by atoms with Crippen LogP contribution in [-0.2, 0) is 17.6 Å². The second-order valence-electron chi connectivity index (χ2n) is 10.1. The summed E-state index contributed by atoms with van der Waals surface area (Å²) >= 11 is 29.7. The van der Waals surface area contributed by atoms with Crippen molar-refractivity contribution in [2.45, 2.75) is 48.0 Å². The van der Waals surface area contributed by atoms with Crippen LogP contribution in [0.1, 0.15) is 24.0 Å². The van der Waals surface area contributed by atoms with Gasteiger partial charge in [0, 0.05) is 29.7 Å². The number of hydrogen-bond acceptors (Lipinski definition) is 4. The largest absolute Gasteiger partial charge is 0.482 e. The number of aryl methyl sites for hydroxylation is 1. The molecular formula is C33H29BrCl4FNO3S. The van der Waals surface area contributed by atoms with Crippen LogP contribution in [0.4, 0.5) is 4.39 Å². The Hall–Kier alpha value is -1.97. The Morgan fingerprint density at radius 2 is 1.64 bits per heavy atom. The average molecular weight is 760 g/mol. The molecule has 11 heteroatoms. The van der Waals surface area contributed by atoms with Crippen molar-refractivity contribution in [2.24, 2.45) is 0 Å². The first-order chi connectivity index (χ1) is 21.0. The van der Waals surface area contributed by atoms with E-state index < -0.39 is 18.1 Å². The van der Waals surface area contributed by atoms with Gasteiger partial charge in [0.1, 0.15) is 11.6 Å². The first kappa shape index (κ1) is 34.9. The van der Waals surface area contributed by atoms with Gasteiger partial charge in [0.15, 0.2) is 6.61 Å². The molecule has 0 fully saturated rings. The van der Waals surface area contributed by atoms with Gasteiger partial charge in [-0.15, -0.1) is 11.8 Å². The summed E-state index contributed by atoms with van der Waals surface area (Å²) in [5.74, 6) is -0.407. The summed E-state index contributed by atoms with van der Waals surface area (Å²) in [6.07, 6.45) is 1.10. The van der Waals surface area contributed by atoms with Gasteiger partial charge in [-0.1, -0.05) is 80.5 Å². The molecular weight excluding hydrogens is 731 g/mol. The number of carbonyl (C=O) groups is 1. The number of halogens is 6. The van der Waals surface area contributed by atoms with Gasteiger partial charge in [-0.25, -0.2) is 4.39 Å². The van der Waals surface area contributed by atoms with Crippen LogP contribution >= 0.6 is 74.1 Å². The maximum Gasteiger partial charge on any atom is 0.258 e. The van der Waals surface area contributed by atoms with E-state index in [2.05, 4.69) is 21.2 Å². The van der Waals surface area contributed by atoms with Gasteiger partial charge in [-0.05, 0) is 104 Å². The number of aliphatic hydroxyl groups is 1. The molecule has 44 heavy (non-hydrogen) atoms. The molecule has 0 saturated carbocycles. The minimum atomic E-state index is -0.921. The minimum Gasteiger partial charge on any atom is -0.482 e. The topological polar surface area (TPSA) is 58.6 Å². The Morgan fingerprint density at radius 1 is 0.932 bits per heavy atom. The van der Waals surface area contributed by atoms with Gasteiger partial charge in [0.2, 0.25) is 0 Å². The lowest BCUT2D eigenvalue weighted by Gasteiger charge is -2.28.